The van der Waals surface area contributed by atoms with Crippen molar-refractivity contribution in [2.24, 2.45) is 5.92 Å². The smallest absolute Gasteiger partial charge is 0.224 e. The summed E-state index contributed by atoms with van der Waals surface area (Å²) in [6.45, 7) is 8.25. The number of nitrogens with zero attached hydrogens (tertiary/aromatic N) is 2. The van der Waals surface area contributed by atoms with Crippen molar-refractivity contribution in [2.75, 3.05) is 23.7 Å². The largest absolute Gasteiger partial charge is 0.370 e. The molecule has 1 aromatic heterocycles. The topological polar surface area (TPSA) is 49.8 Å². The summed E-state index contributed by atoms with van der Waals surface area (Å²) < 4.78 is 0. The van der Waals surface area contributed by atoms with Crippen molar-refractivity contribution in [2.45, 2.75) is 52.9 Å². The lowest BCUT2D eigenvalue weighted by Crippen LogP contribution is -2.12. The molecule has 0 amide bonds. The van der Waals surface area contributed by atoms with Gasteiger partial charge in [0.05, 0.1) is 0 Å². The number of anilines is 2. The van der Waals surface area contributed by atoms with Crippen LogP contribution in [0.3, 0.4) is 0 Å². The van der Waals surface area contributed by atoms with Gasteiger partial charge in [-0.3, -0.25) is 0 Å². The first-order valence-corrected chi connectivity index (χ1v) is 8.15. The first kappa shape index (κ1) is 15.8. The second-order valence-electron chi connectivity index (χ2n) is 6.28. The van der Waals surface area contributed by atoms with Gasteiger partial charge in [-0.25, -0.2) is 4.98 Å². The van der Waals surface area contributed by atoms with E-state index in [2.05, 4.69) is 40.5 Å². The van der Waals surface area contributed by atoms with Crippen molar-refractivity contribution < 1.29 is 0 Å². The third-order valence-corrected chi connectivity index (χ3v) is 3.66. The van der Waals surface area contributed by atoms with E-state index in [1.807, 2.05) is 13.0 Å². The molecule has 0 fully saturated rings. The Morgan fingerprint density at radius 3 is 2.76 bits per heavy atom. The summed E-state index contributed by atoms with van der Waals surface area (Å²) >= 11 is 0. The molecule has 21 heavy (non-hydrogen) atoms. The van der Waals surface area contributed by atoms with Crippen LogP contribution in [0.1, 0.15) is 51.6 Å². The minimum absolute atomic E-state index is 0.606. The first-order chi connectivity index (χ1) is 10.1. The third-order valence-electron chi connectivity index (χ3n) is 3.66. The Balaban J connectivity index is 1.85. The van der Waals surface area contributed by atoms with E-state index in [4.69, 9.17) is 0 Å². The Bertz CT molecular complexity index is 480. The molecular weight excluding hydrogens is 260 g/mol. The Morgan fingerprint density at radius 2 is 2.05 bits per heavy atom. The SMILES string of the molecule is Cc1cc(NCC(C)C)nc(NCCC2=CCCCC2)n1. The zero-order valence-corrected chi connectivity index (χ0v) is 13.6. The molecule has 1 aliphatic carbocycles. The zero-order chi connectivity index (χ0) is 15.1. The number of allylic oxidation sites excluding steroid dienone is 1. The van der Waals surface area contributed by atoms with Crippen molar-refractivity contribution in [3.05, 3.63) is 23.4 Å². The summed E-state index contributed by atoms with van der Waals surface area (Å²) in [5.74, 6) is 2.25. The molecular formula is C17H28N4. The van der Waals surface area contributed by atoms with Crippen LogP contribution in [-0.2, 0) is 0 Å². The van der Waals surface area contributed by atoms with Gasteiger partial charge >= 0.3 is 0 Å². The average Bonchev–Trinajstić information content (AvgIpc) is 2.46. The minimum atomic E-state index is 0.606. The molecule has 4 heteroatoms. The fourth-order valence-corrected chi connectivity index (χ4v) is 2.51. The standard InChI is InChI=1S/C17H28N4/c1-13(2)12-19-16-11-14(3)20-17(21-16)18-10-9-15-7-5-4-6-8-15/h7,11,13H,4-6,8-10,12H2,1-3H3,(H2,18,19,20,21). The Hall–Kier alpha value is -1.58. The quantitative estimate of drug-likeness (QED) is 0.740. The molecule has 4 nitrogen and oxygen atoms in total. The Morgan fingerprint density at radius 1 is 1.19 bits per heavy atom. The zero-order valence-electron chi connectivity index (χ0n) is 13.6. The lowest BCUT2D eigenvalue weighted by molar-refractivity contribution is 0.678. The highest BCUT2D eigenvalue weighted by atomic mass is 15.1. The normalized spacial score (nSPS) is 15.0. The molecule has 0 unspecified atom stereocenters. The molecule has 2 N–H and O–H groups in total. The van der Waals surface area contributed by atoms with Crippen LogP contribution in [0.5, 0.6) is 0 Å². The van der Waals surface area contributed by atoms with E-state index < -0.39 is 0 Å². The number of aryl methyl sites for hydroxylation is 1. The van der Waals surface area contributed by atoms with Gasteiger partial charge in [0.1, 0.15) is 5.82 Å². The number of hydrogen-bond donors (Lipinski definition) is 2. The minimum Gasteiger partial charge on any atom is -0.370 e. The molecule has 0 spiro atoms. The fourth-order valence-electron chi connectivity index (χ4n) is 2.51. The Kier molecular flexibility index (Phi) is 6.03. The van der Waals surface area contributed by atoms with Crippen molar-refractivity contribution in [3.8, 4) is 0 Å². The van der Waals surface area contributed by atoms with Crippen LogP contribution in [-0.4, -0.2) is 23.1 Å². The van der Waals surface area contributed by atoms with E-state index >= 15 is 0 Å². The number of aromatic nitrogens is 2. The van der Waals surface area contributed by atoms with E-state index in [1.165, 1.54) is 25.7 Å². The predicted molar refractivity (Wildman–Crippen MR) is 89.8 cm³/mol. The fraction of sp³-hybridized carbons (Fsp3) is 0.647. The summed E-state index contributed by atoms with van der Waals surface area (Å²) in [5, 5.41) is 6.72. The molecule has 0 atom stereocenters. The van der Waals surface area contributed by atoms with Gasteiger partial charge in [0, 0.05) is 24.8 Å². The highest BCUT2D eigenvalue weighted by Crippen LogP contribution is 2.20. The van der Waals surface area contributed by atoms with Gasteiger partial charge < -0.3 is 10.6 Å². The molecule has 0 bridgehead atoms. The van der Waals surface area contributed by atoms with Crippen LogP contribution in [0, 0.1) is 12.8 Å². The van der Waals surface area contributed by atoms with Gasteiger partial charge in [-0.1, -0.05) is 25.5 Å². The second kappa shape index (κ2) is 8.01. The maximum Gasteiger partial charge on any atom is 0.224 e. The van der Waals surface area contributed by atoms with E-state index in [9.17, 15) is 0 Å². The molecule has 0 aliphatic heterocycles. The van der Waals surface area contributed by atoms with Gasteiger partial charge in [0.15, 0.2) is 0 Å². The molecule has 1 aromatic rings. The summed E-state index contributed by atoms with van der Waals surface area (Å²) in [5.41, 5.74) is 2.58. The van der Waals surface area contributed by atoms with Crippen LogP contribution in [0.2, 0.25) is 0 Å². The van der Waals surface area contributed by atoms with E-state index in [0.717, 1.165) is 37.0 Å². The maximum absolute atomic E-state index is 4.54. The van der Waals surface area contributed by atoms with Crippen molar-refractivity contribution >= 4 is 11.8 Å². The average molecular weight is 288 g/mol. The van der Waals surface area contributed by atoms with Gasteiger partial charge in [0.2, 0.25) is 5.95 Å². The van der Waals surface area contributed by atoms with Gasteiger partial charge in [-0.2, -0.15) is 4.98 Å². The van der Waals surface area contributed by atoms with Gasteiger partial charge in [-0.05, 0) is 44.9 Å². The van der Waals surface area contributed by atoms with Crippen LogP contribution in [0.25, 0.3) is 0 Å². The molecule has 0 radical (unpaired) electrons. The summed E-state index contributed by atoms with van der Waals surface area (Å²) in [6, 6.07) is 2.00. The molecule has 0 aromatic carbocycles. The lowest BCUT2D eigenvalue weighted by Gasteiger charge is -2.14. The van der Waals surface area contributed by atoms with E-state index in [0.29, 0.717) is 5.92 Å². The first-order valence-electron chi connectivity index (χ1n) is 8.15. The summed E-state index contributed by atoms with van der Waals surface area (Å²) in [4.78, 5) is 9.00. The van der Waals surface area contributed by atoms with E-state index in [1.54, 1.807) is 5.57 Å². The predicted octanol–water partition coefficient (Wildman–Crippen LogP) is 4.16. The van der Waals surface area contributed by atoms with Crippen molar-refractivity contribution in [1.82, 2.24) is 9.97 Å². The van der Waals surface area contributed by atoms with Crippen LogP contribution in [0.15, 0.2) is 17.7 Å². The van der Waals surface area contributed by atoms with Gasteiger partial charge in [0.25, 0.3) is 0 Å². The van der Waals surface area contributed by atoms with Crippen molar-refractivity contribution in [1.29, 1.82) is 0 Å². The molecule has 0 saturated carbocycles. The van der Waals surface area contributed by atoms with E-state index in [-0.39, 0.29) is 0 Å². The van der Waals surface area contributed by atoms with Crippen LogP contribution < -0.4 is 10.6 Å². The molecule has 116 valence electrons. The van der Waals surface area contributed by atoms with Crippen LogP contribution in [0.4, 0.5) is 11.8 Å². The highest BCUT2D eigenvalue weighted by Gasteiger charge is 2.05. The van der Waals surface area contributed by atoms with Crippen LogP contribution >= 0.6 is 0 Å². The maximum atomic E-state index is 4.54. The number of nitrogens with one attached hydrogen (secondary N) is 2. The lowest BCUT2D eigenvalue weighted by atomic mass is 9.97. The molecule has 2 rings (SSSR count). The summed E-state index contributed by atoms with van der Waals surface area (Å²) in [6.07, 6.45) is 8.71. The third kappa shape index (κ3) is 5.74. The Labute approximate surface area is 128 Å². The monoisotopic (exact) mass is 288 g/mol. The van der Waals surface area contributed by atoms with Gasteiger partial charge in [-0.15, -0.1) is 0 Å². The van der Waals surface area contributed by atoms with Crippen molar-refractivity contribution in [3.63, 3.8) is 0 Å². The molecule has 0 saturated heterocycles. The molecule has 1 aliphatic rings. The summed E-state index contributed by atoms with van der Waals surface area (Å²) in [7, 11) is 0. The highest BCUT2D eigenvalue weighted by molar-refractivity contribution is 5.42. The molecule has 1 heterocycles. The second-order valence-corrected chi connectivity index (χ2v) is 6.28. The number of rotatable bonds is 7. The number of hydrogen-bond acceptors (Lipinski definition) is 4.